The number of carbonyl (C=O) groups excluding carboxylic acids is 2. The van der Waals surface area contributed by atoms with Crippen molar-refractivity contribution in [1.29, 1.82) is 0 Å². The lowest BCUT2D eigenvalue weighted by atomic mass is 10.1. The second-order valence-corrected chi connectivity index (χ2v) is 8.48. The van der Waals surface area contributed by atoms with Crippen LogP contribution in [0.4, 0.5) is 5.69 Å². The zero-order valence-electron chi connectivity index (χ0n) is 12.8. The number of rotatable bonds is 4. The largest absolute Gasteiger partial charge is 0.355 e. The number of anilines is 1. The molecule has 0 saturated carbocycles. The first kappa shape index (κ1) is 16.0. The molecule has 23 heavy (non-hydrogen) atoms. The fourth-order valence-corrected chi connectivity index (χ4v) is 5.02. The van der Waals surface area contributed by atoms with E-state index in [1.165, 1.54) is 0 Å². The average molecular weight is 336 g/mol. The van der Waals surface area contributed by atoms with Crippen LogP contribution in [0.5, 0.6) is 0 Å². The zero-order valence-corrected chi connectivity index (χ0v) is 13.6. The van der Waals surface area contributed by atoms with Gasteiger partial charge in [0.15, 0.2) is 9.84 Å². The number of sulfone groups is 1. The molecule has 0 aliphatic carbocycles. The third-order valence-electron chi connectivity index (χ3n) is 4.46. The van der Waals surface area contributed by atoms with Gasteiger partial charge in [-0.3, -0.25) is 9.59 Å². The van der Waals surface area contributed by atoms with Crippen molar-refractivity contribution in [3.8, 4) is 0 Å². The molecule has 2 fully saturated rings. The predicted octanol–water partition coefficient (Wildman–Crippen LogP) is 0.590. The number of hydrogen-bond donors (Lipinski definition) is 1. The molecule has 0 bridgehead atoms. The number of nitrogens with zero attached hydrogens (tertiary/aromatic N) is 1. The minimum Gasteiger partial charge on any atom is -0.355 e. The summed E-state index contributed by atoms with van der Waals surface area (Å²) in [7, 11) is -2.93. The molecule has 2 saturated heterocycles. The summed E-state index contributed by atoms with van der Waals surface area (Å²) < 4.78 is 22.8. The fraction of sp³-hybridized carbons (Fsp3) is 0.500. The summed E-state index contributed by atoms with van der Waals surface area (Å²) in [6.07, 6.45) is 0.798. The first-order valence-corrected chi connectivity index (χ1v) is 9.60. The molecular weight excluding hydrogens is 316 g/mol. The smallest absolute Gasteiger partial charge is 0.227 e. The standard InChI is InChI=1S/C16H20N2O4S/c19-15-8-13(10-18(15)14-4-2-1-3-5-14)16(20)17-9-12-6-7-23(21,22)11-12/h1-5,12-13H,6-11H2,(H,17,20)/t12-,13+/m0/s1. The van der Waals surface area contributed by atoms with Crippen LogP contribution in [-0.4, -0.2) is 44.8 Å². The topological polar surface area (TPSA) is 83.5 Å². The second kappa shape index (κ2) is 6.31. The molecule has 0 radical (unpaired) electrons. The number of hydrogen-bond acceptors (Lipinski definition) is 4. The molecule has 0 aromatic heterocycles. The highest BCUT2D eigenvalue weighted by Crippen LogP contribution is 2.25. The van der Waals surface area contributed by atoms with Crippen LogP contribution >= 0.6 is 0 Å². The number of amides is 2. The molecular formula is C16H20N2O4S. The lowest BCUT2D eigenvalue weighted by Gasteiger charge is -2.17. The van der Waals surface area contributed by atoms with Gasteiger partial charge in [-0.25, -0.2) is 8.42 Å². The van der Waals surface area contributed by atoms with Crippen molar-refractivity contribution in [2.75, 3.05) is 29.5 Å². The van der Waals surface area contributed by atoms with Crippen LogP contribution < -0.4 is 10.2 Å². The van der Waals surface area contributed by atoms with Crippen molar-refractivity contribution >= 4 is 27.3 Å². The zero-order chi connectivity index (χ0) is 16.4. The molecule has 2 aliphatic heterocycles. The third kappa shape index (κ3) is 3.72. The summed E-state index contributed by atoms with van der Waals surface area (Å²) in [5.74, 6) is -0.252. The van der Waals surface area contributed by atoms with Crippen molar-refractivity contribution in [3.63, 3.8) is 0 Å². The van der Waals surface area contributed by atoms with Gasteiger partial charge in [-0.1, -0.05) is 18.2 Å². The minimum absolute atomic E-state index is 0.00807. The highest BCUT2D eigenvalue weighted by atomic mass is 32.2. The summed E-state index contributed by atoms with van der Waals surface area (Å²) in [4.78, 5) is 26.0. The molecule has 2 atom stereocenters. The normalized spacial score (nSPS) is 26.4. The first-order chi connectivity index (χ1) is 10.9. The van der Waals surface area contributed by atoms with Gasteiger partial charge in [0.1, 0.15) is 0 Å². The van der Waals surface area contributed by atoms with Gasteiger partial charge in [-0.15, -0.1) is 0 Å². The molecule has 2 heterocycles. The quantitative estimate of drug-likeness (QED) is 0.872. The van der Waals surface area contributed by atoms with Crippen LogP contribution in [-0.2, 0) is 19.4 Å². The maximum absolute atomic E-state index is 12.2. The van der Waals surface area contributed by atoms with E-state index < -0.39 is 9.84 Å². The molecule has 124 valence electrons. The second-order valence-electron chi connectivity index (χ2n) is 6.26. The van der Waals surface area contributed by atoms with Crippen LogP contribution in [0.15, 0.2) is 30.3 Å². The molecule has 2 aliphatic rings. The van der Waals surface area contributed by atoms with Gasteiger partial charge in [0.2, 0.25) is 11.8 Å². The van der Waals surface area contributed by atoms with Gasteiger partial charge in [-0.05, 0) is 24.5 Å². The van der Waals surface area contributed by atoms with Gasteiger partial charge >= 0.3 is 0 Å². The Hall–Kier alpha value is -1.89. The maximum Gasteiger partial charge on any atom is 0.227 e. The van der Waals surface area contributed by atoms with Gasteiger partial charge in [-0.2, -0.15) is 0 Å². The van der Waals surface area contributed by atoms with Crippen molar-refractivity contribution in [2.24, 2.45) is 11.8 Å². The minimum atomic E-state index is -2.93. The Morgan fingerprint density at radius 2 is 2.00 bits per heavy atom. The SMILES string of the molecule is O=C(NC[C@@H]1CCS(=O)(=O)C1)[C@@H]1CC(=O)N(c2ccccc2)C1. The van der Waals surface area contributed by atoms with E-state index in [0.29, 0.717) is 19.5 Å². The molecule has 1 aromatic rings. The van der Waals surface area contributed by atoms with Gasteiger partial charge in [0.25, 0.3) is 0 Å². The Bertz CT molecular complexity index is 702. The Morgan fingerprint density at radius 3 is 2.65 bits per heavy atom. The number of nitrogens with one attached hydrogen (secondary N) is 1. The Kier molecular flexibility index (Phi) is 4.39. The molecule has 3 rings (SSSR count). The van der Waals surface area contributed by atoms with Gasteiger partial charge < -0.3 is 10.2 Å². The predicted molar refractivity (Wildman–Crippen MR) is 86.7 cm³/mol. The van der Waals surface area contributed by atoms with Crippen LogP contribution in [0.1, 0.15) is 12.8 Å². The van der Waals surface area contributed by atoms with E-state index in [4.69, 9.17) is 0 Å². The van der Waals surface area contributed by atoms with Crippen molar-refractivity contribution in [2.45, 2.75) is 12.8 Å². The fourth-order valence-electron chi connectivity index (χ4n) is 3.16. The Morgan fingerprint density at radius 1 is 1.26 bits per heavy atom. The van der Waals surface area contributed by atoms with Gasteiger partial charge in [0.05, 0.1) is 17.4 Å². The van der Waals surface area contributed by atoms with E-state index in [1.807, 2.05) is 30.3 Å². The monoisotopic (exact) mass is 336 g/mol. The van der Waals surface area contributed by atoms with Crippen LogP contribution in [0.25, 0.3) is 0 Å². The van der Waals surface area contributed by atoms with Crippen molar-refractivity contribution < 1.29 is 18.0 Å². The molecule has 1 aromatic carbocycles. The summed E-state index contributed by atoms with van der Waals surface area (Å²) in [6.45, 7) is 0.742. The lowest BCUT2D eigenvalue weighted by molar-refractivity contribution is -0.126. The molecule has 1 N–H and O–H groups in total. The van der Waals surface area contributed by atoms with E-state index in [-0.39, 0.29) is 41.6 Å². The summed E-state index contributed by atoms with van der Waals surface area (Å²) in [5, 5.41) is 2.81. The third-order valence-corrected chi connectivity index (χ3v) is 6.29. The van der Waals surface area contributed by atoms with Crippen molar-refractivity contribution in [3.05, 3.63) is 30.3 Å². The maximum atomic E-state index is 12.2. The molecule has 2 amide bonds. The highest BCUT2D eigenvalue weighted by molar-refractivity contribution is 7.91. The molecule has 0 spiro atoms. The average Bonchev–Trinajstić information content (AvgIpc) is 3.08. The Balaban J connectivity index is 1.54. The van der Waals surface area contributed by atoms with E-state index in [1.54, 1.807) is 4.90 Å². The van der Waals surface area contributed by atoms with Crippen LogP contribution in [0, 0.1) is 11.8 Å². The van der Waals surface area contributed by atoms with E-state index in [9.17, 15) is 18.0 Å². The van der Waals surface area contributed by atoms with E-state index in [2.05, 4.69) is 5.32 Å². The number of benzene rings is 1. The highest BCUT2D eigenvalue weighted by Gasteiger charge is 2.35. The van der Waals surface area contributed by atoms with Crippen molar-refractivity contribution in [1.82, 2.24) is 5.32 Å². The summed E-state index contributed by atoms with van der Waals surface area (Å²) in [5.41, 5.74) is 0.801. The molecule has 0 unspecified atom stereocenters. The summed E-state index contributed by atoms with van der Waals surface area (Å²) in [6, 6.07) is 9.29. The lowest BCUT2D eigenvalue weighted by Crippen LogP contribution is -2.36. The molecule has 6 nitrogen and oxygen atoms in total. The molecule has 7 heteroatoms. The Labute approximate surface area is 135 Å². The van der Waals surface area contributed by atoms with Gasteiger partial charge in [0, 0.05) is 25.2 Å². The van der Waals surface area contributed by atoms with Crippen LogP contribution in [0.3, 0.4) is 0 Å². The number of carbonyl (C=O) groups is 2. The van der Waals surface area contributed by atoms with E-state index >= 15 is 0 Å². The first-order valence-electron chi connectivity index (χ1n) is 7.78. The van der Waals surface area contributed by atoms with Crippen LogP contribution in [0.2, 0.25) is 0 Å². The van der Waals surface area contributed by atoms with E-state index in [0.717, 1.165) is 5.69 Å². The number of para-hydroxylation sites is 1. The summed E-state index contributed by atoms with van der Waals surface area (Å²) >= 11 is 0.